The molecule has 3 aliphatic heterocycles. The molecule has 0 radical (unpaired) electrons. The lowest BCUT2D eigenvalue weighted by Gasteiger charge is -2.22. The number of amides is 1. The molecule has 3 aliphatic rings. The van der Waals surface area contributed by atoms with E-state index in [0.29, 0.717) is 18.3 Å². The van der Waals surface area contributed by atoms with E-state index in [4.69, 9.17) is 29.3 Å². The number of pyridine rings is 1. The van der Waals surface area contributed by atoms with E-state index in [1.165, 1.54) is 0 Å². The number of nitrogens with one attached hydrogen (secondary N) is 1. The zero-order valence-electron chi connectivity index (χ0n) is 21.3. The summed E-state index contributed by atoms with van der Waals surface area (Å²) in [6.45, 7) is 5.30. The number of hydrogen-bond donors (Lipinski definition) is 3. The number of hydrogen-bond acceptors (Lipinski definition) is 7. The number of carboxylic acid groups (broad SMARTS) is 2. The Bertz CT molecular complexity index is 921. The third kappa shape index (κ3) is 12.0. The fourth-order valence-electron chi connectivity index (χ4n) is 4.42. The lowest BCUT2D eigenvalue weighted by atomic mass is 9.99. The van der Waals surface area contributed by atoms with E-state index in [1.54, 1.807) is 0 Å². The van der Waals surface area contributed by atoms with Crippen molar-refractivity contribution < 1.29 is 60.4 Å². The molecule has 0 spiro atoms. The summed E-state index contributed by atoms with van der Waals surface area (Å²) in [7, 11) is 0. The van der Waals surface area contributed by atoms with Gasteiger partial charge in [0.1, 0.15) is 0 Å². The molecule has 226 valence electrons. The maximum atomic E-state index is 12.2. The van der Waals surface area contributed by atoms with Crippen LogP contribution in [0.3, 0.4) is 0 Å². The number of carboxylic acids is 2. The van der Waals surface area contributed by atoms with E-state index in [-0.39, 0.29) is 18.1 Å². The Hall–Kier alpha value is -2.98. The fourth-order valence-corrected chi connectivity index (χ4v) is 4.42. The number of likely N-dealkylation sites (tertiary alicyclic amines) is 1. The number of alkyl halides is 6. The second kappa shape index (κ2) is 15.1. The van der Waals surface area contributed by atoms with E-state index in [9.17, 15) is 31.1 Å². The molecule has 0 saturated carbocycles. The average molecular weight is 588 g/mol. The number of aromatic nitrogens is 1. The number of carbonyl (C=O) groups is 3. The van der Waals surface area contributed by atoms with E-state index in [1.807, 2.05) is 18.3 Å². The first-order valence-electron chi connectivity index (χ1n) is 12.4. The molecule has 3 fully saturated rings. The van der Waals surface area contributed by atoms with Gasteiger partial charge in [0.05, 0.1) is 24.3 Å². The minimum atomic E-state index is -5.08. The van der Waals surface area contributed by atoms with Crippen LogP contribution in [0.15, 0.2) is 24.4 Å². The number of nitrogens with zero attached hydrogens (tertiary/aromatic N) is 2. The number of fused-ring (bicyclic) bond motifs is 1. The SMILES string of the molecule is O=C(C[C@@H]1C[C@H]2CN(Cc3ccccn3)C[C@H]2O1)NCC1CCOCC1.O=C(O)C(F)(F)F.O=C(O)C(F)(F)F. The fraction of sp³-hybridized carbons (Fsp3) is 0.667. The van der Waals surface area contributed by atoms with Gasteiger partial charge in [-0.05, 0) is 37.3 Å². The van der Waals surface area contributed by atoms with Crippen molar-refractivity contribution in [1.29, 1.82) is 0 Å². The minimum Gasteiger partial charge on any atom is -0.475 e. The van der Waals surface area contributed by atoms with Crippen LogP contribution in [-0.4, -0.2) is 95.4 Å². The highest BCUT2D eigenvalue weighted by molar-refractivity contribution is 5.76. The summed E-state index contributed by atoms with van der Waals surface area (Å²) in [6, 6.07) is 6.05. The third-order valence-electron chi connectivity index (χ3n) is 6.33. The molecule has 0 aliphatic carbocycles. The summed E-state index contributed by atoms with van der Waals surface area (Å²) < 4.78 is 75.0. The molecule has 1 amide bonds. The minimum absolute atomic E-state index is 0.0803. The van der Waals surface area contributed by atoms with Crippen LogP contribution in [0.25, 0.3) is 0 Å². The van der Waals surface area contributed by atoms with Crippen LogP contribution in [0.5, 0.6) is 0 Å². The van der Waals surface area contributed by atoms with Crippen molar-refractivity contribution in [3.63, 3.8) is 0 Å². The molecule has 3 atom stereocenters. The van der Waals surface area contributed by atoms with Crippen LogP contribution in [0, 0.1) is 11.8 Å². The highest BCUT2D eigenvalue weighted by atomic mass is 19.4. The first kappa shape index (κ1) is 33.2. The van der Waals surface area contributed by atoms with E-state index in [0.717, 1.165) is 64.3 Å². The van der Waals surface area contributed by atoms with Crippen LogP contribution in [0.2, 0.25) is 0 Å². The first-order valence-corrected chi connectivity index (χ1v) is 12.4. The molecule has 1 aromatic heterocycles. The molecule has 16 heteroatoms. The predicted molar refractivity (Wildman–Crippen MR) is 125 cm³/mol. The van der Waals surface area contributed by atoms with Gasteiger partial charge in [-0.15, -0.1) is 0 Å². The number of carbonyl (C=O) groups excluding carboxylic acids is 1. The average Bonchev–Trinajstić information content (AvgIpc) is 3.41. The van der Waals surface area contributed by atoms with E-state index in [2.05, 4.69) is 21.3 Å². The standard InChI is InChI=1S/C20H29N3O3.2C2HF3O2/c24-20(22-11-15-4-7-25-8-5-15)10-18-9-16-12-23(14-19(16)26-18)13-17-3-1-2-6-21-17;2*3-2(4,5)1(6)7/h1-3,6,15-16,18-19H,4-5,7-14H2,(H,22,24);2*(H,6,7)/t16-,18-,19+;;/m0../s1. The Morgan fingerprint density at radius 2 is 1.60 bits per heavy atom. The molecule has 40 heavy (non-hydrogen) atoms. The summed E-state index contributed by atoms with van der Waals surface area (Å²) in [5, 5.41) is 17.3. The highest BCUT2D eigenvalue weighted by Crippen LogP contribution is 2.34. The van der Waals surface area contributed by atoms with Gasteiger partial charge in [0.25, 0.3) is 0 Å². The van der Waals surface area contributed by atoms with Crippen LogP contribution in [0.1, 0.15) is 31.4 Å². The van der Waals surface area contributed by atoms with Gasteiger partial charge in [-0.25, -0.2) is 9.59 Å². The Morgan fingerprint density at radius 1 is 1.00 bits per heavy atom. The van der Waals surface area contributed by atoms with Crippen LogP contribution in [0.4, 0.5) is 26.3 Å². The molecule has 4 rings (SSSR count). The normalized spacial score (nSPS) is 23.2. The van der Waals surface area contributed by atoms with Crippen LogP contribution < -0.4 is 5.32 Å². The Labute approximate surface area is 225 Å². The number of rotatable bonds is 6. The van der Waals surface area contributed by atoms with Crippen molar-refractivity contribution in [3.8, 4) is 0 Å². The summed E-state index contributed by atoms with van der Waals surface area (Å²) in [5.41, 5.74) is 1.11. The molecule has 0 unspecified atom stereocenters. The van der Waals surface area contributed by atoms with Crippen molar-refractivity contribution in [3.05, 3.63) is 30.1 Å². The Kier molecular flexibility index (Phi) is 12.6. The second-order valence-electron chi connectivity index (χ2n) is 9.48. The van der Waals surface area contributed by atoms with Crippen molar-refractivity contribution in [2.45, 2.75) is 56.8 Å². The Balaban J connectivity index is 0.000000333. The maximum absolute atomic E-state index is 12.2. The van der Waals surface area contributed by atoms with Gasteiger partial charge in [0.2, 0.25) is 5.91 Å². The number of ether oxygens (including phenoxy) is 2. The zero-order valence-corrected chi connectivity index (χ0v) is 21.3. The summed E-state index contributed by atoms with van der Waals surface area (Å²) in [4.78, 5) is 36.8. The quantitative estimate of drug-likeness (QED) is 0.429. The number of aliphatic carboxylic acids is 2. The largest absolute Gasteiger partial charge is 0.490 e. The van der Waals surface area contributed by atoms with Crippen LogP contribution in [-0.2, 0) is 30.4 Å². The maximum Gasteiger partial charge on any atom is 0.490 e. The highest BCUT2D eigenvalue weighted by Gasteiger charge is 2.42. The topological polar surface area (TPSA) is 138 Å². The molecule has 0 aromatic carbocycles. The van der Waals surface area contributed by atoms with Gasteiger partial charge >= 0.3 is 24.3 Å². The van der Waals surface area contributed by atoms with Crippen molar-refractivity contribution in [1.82, 2.24) is 15.2 Å². The lowest BCUT2D eigenvalue weighted by Crippen LogP contribution is -2.34. The molecule has 3 saturated heterocycles. The summed E-state index contributed by atoms with van der Waals surface area (Å²) in [5.74, 6) is -4.27. The van der Waals surface area contributed by atoms with Gasteiger partial charge in [0, 0.05) is 51.5 Å². The first-order chi connectivity index (χ1) is 18.6. The Morgan fingerprint density at radius 3 is 2.10 bits per heavy atom. The zero-order chi connectivity index (χ0) is 29.9. The molecule has 3 N–H and O–H groups in total. The number of halogens is 6. The van der Waals surface area contributed by atoms with Gasteiger partial charge in [-0.3, -0.25) is 14.7 Å². The van der Waals surface area contributed by atoms with Crippen molar-refractivity contribution in [2.75, 3.05) is 32.8 Å². The molecular formula is C24H31F6N3O7. The van der Waals surface area contributed by atoms with Gasteiger partial charge < -0.3 is 25.0 Å². The predicted octanol–water partition coefficient (Wildman–Crippen LogP) is 2.87. The lowest BCUT2D eigenvalue weighted by molar-refractivity contribution is -0.193. The molecule has 10 nitrogen and oxygen atoms in total. The smallest absolute Gasteiger partial charge is 0.475 e. The van der Waals surface area contributed by atoms with E-state index < -0.39 is 24.3 Å². The molecule has 4 heterocycles. The van der Waals surface area contributed by atoms with Crippen LogP contribution >= 0.6 is 0 Å². The van der Waals surface area contributed by atoms with Crippen molar-refractivity contribution in [2.24, 2.45) is 11.8 Å². The molecule has 1 aromatic rings. The van der Waals surface area contributed by atoms with Gasteiger partial charge in [0.15, 0.2) is 0 Å². The molecule has 0 bridgehead atoms. The second-order valence-corrected chi connectivity index (χ2v) is 9.48. The van der Waals surface area contributed by atoms with E-state index >= 15 is 0 Å². The third-order valence-corrected chi connectivity index (χ3v) is 6.33. The van der Waals surface area contributed by atoms with Crippen molar-refractivity contribution >= 4 is 17.8 Å². The monoisotopic (exact) mass is 587 g/mol. The summed E-state index contributed by atoms with van der Waals surface area (Å²) in [6.07, 6.45) is -4.38. The molecular weight excluding hydrogens is 556 g/mol. The van der Waals surface area contributed by atoms with Gasteiger partial charge in [-0.1, -0.05) is 6.07 Å². The summed E-state index contributed by atoms with van der Waals surface area (Å²) >= 11 is 0. The van der Waals surface area contributed by atoms with Gasteiger partial charge in [-0.2, -0.15) is 26.3 Å².